The largest absolute Gasteiger partial charge is 1.00 e. The first kappa shape index (κ1) is 64.4. The van der Waals surface area contributed by atoms with Crippen LogP contribution in [0.15, 0.2) is 132 Å². The van der Waals surface area contributed by atoms with Gasteiger partial charge in [0.2, 0.25) is 0 Å². The molecule has 0 N–H and O–H groups in total. The zero-order valence-corrected chi connectivity index (χ0v) is 50.0. The molecule has 0 heterocycles. The Kier molecular flexibility index (Phi) is 36.2. The maximum atomic E-state index is 11.0. The van der Waals surface area contributed by atoms with Gasteiger partial charge >= 0.3 is 37.7 Å². The van der Waals surface area contributed by atoms with Gasteiger partial charge in [0, 0.05) is 43.6 Å². The smallest absolute Gasteiger partial charge is 0.343 e. The van der Waals surface area contributed by atoms with Crippen LogP contribution in [0.3, 0.4) is 0 Å². The fraction of sp³-hybridized carbons (Fsp3) is 0.483. The third-order valence-corrected chi connectivity index (χ3v) is 16.3. The summed E-state index contributed by atoms with van der Waals surface area (Å²) in [6.07, 6.45) is 34.8. The Morgan fingerprint density at radius 3 is 1.14 bits per heavy atom. The van der Waals surface area contributed by atoms with Gasteiger partial charge < -0.3 is 6.92 Å². The minimum atomic E-state index is 0. The van der Waals surface area contributed by atoms with E-state index >= 15 is 0 Å². The molecular weight excluding hydrogens is 1170 g/mol. The van der Waals surface area contributed by atoms with Crippen LogP contribution in [0.4, 0.5) is 0 Å². The molecular formula is C60H75Br5Li2O2. The Labute approximate surface area is 485 Å². The van der Waals surface area contributed by atoms with E-state index in [4.69, 9.17) is 0 Å². The average Bonchev–Trinajstić information content (AvgIpc) is 4.23. The summed E-state index contributed by atoms with van der Waals surface area (Å²) >= 11 is 16.9. The average molecular weight is 1240 g/mol. The standard InChI is InChI=1S/C17H21Br.C11H11Br.C11H18O.C6H4Br2.C6H4Br.C5H8O.C4H9.2Li/c18-17-11-9-16(10-12-17)15-7-5-14(6-8-15)13-3-1-2-4-13;2*12-11-7-5-10(6-8-11)9-3-1-2-4-9;7-5-1-2-6(8)4-3-5;7-6-4-2-1-3-5-6;6-5-3-1-2-4-5;1-3-4-2;;/h7,9-14H,1-6,8H2;3,5-8H,1-2,4H2;9-10H,1-8H2;1-4H;2-5H;1-4H2;1,3-4H2,2H3;;/q;;;;-1;;-1;2*+1. The molecule has 10 rings (SSSR count). The van der Waals surface area contributed by atoms with Gasteiger partial charge in [0.15, 0.2) is 0 Å². The van der Waals surface area contributed by atoms with Crippen LogP contribution in [0.5, 0.6) is 0 Å². The van der Waals surface area contributed by atoms with Crippen LogP contribution in [-0.4, -0.2) is 11.6 Å². The van der Waals surface area contributed by atoms with Crippen molar-refractivity contribution in [3.05, 3.63) is 156 Å². The molecule has 6 aliphatic rings. The van der Waals surface area contributed by atoms with Gasteiger partial charge in [-0.3, -0.25) is 9.59 Å². The monoisotopic (exact) mass is 1240 g/mol. The molecule has 4 saturated carbocycles. The Morgan fingerprint density at radius 2 is 0.812 bits per heavy atom. The van der Waals surface area contributed by atoms with E-state index in [1.807, 2.05) is 48.5 Å². The molecule has 0 radical (unpaired) electrons. The predicted molar refractivity (Wildman–Crippen MR) is 305 cm³/mol. The van der Waals surface area contributed by atoms with Crippen LogP contribution in [0.25, 0.3) is 11.1 Å². The number of ketones is 2. The summed E-state index contributed by atoms with van der Waals surface area (Å²) in [7, 11) is 0. The number of Topliss-reactive ketones (excluding diaryl/α,β-unsaturated/α-hetero) is 2. The van der Waals surface area contributed by atoms with E-state index in [0.717, 1.165) is 86.5 Å². The third-order valence-electron chi connectivity index (χ3n) is 13.6. The fourth-order valence-corrected chi connectivity index (χ4v) is 11.0. The predicted octanol–water partition coefficient (Wildman–Crippen LogP) is 15.0. The number of allylic oxidation sites excluding steroid dienone is 4. The Hall–Kier alpha value is -0.705. The first-order valence-corrected chi connectivity index (χ1v) is 29.3. The summed E-state index contributed by atoms with van der Waals surface area (Å²) in [6, 6.07) is 35.8. The van der Waals surface area contributed by atoms with Crippen LogP contribution in [-0.2, 0) is 9.59 Å². The van der Waals surface area contributed by atoms with Crippen molar-refractivity contribution in [3.63, 3.8) is 0 Å². The molecule has 4 aromatic carbocycles. The number of halogens is 5. The van der Waals surface area contributed by atoms with E-state index in [9.17, 15) is 9.59 Å². The second-order valence-corrected chi connectivity index (χ2v) is 23.2. The van der Waals surface area contributed by atoms with Crippen LogP contribution in [0.1, 0.15) is 172 Å². The number of benzene rings is 4. The van der Waals surface area contributed by atoms with Crippen molar-refractivity contribution in [2.75, 3.05) is 0 Å². The molecule has 0 bridgehead atoms. The first-order chi connectivity index (χ1) is 32.5. The first-order valence-electron chi connectivity index (χ1n) is 25.3. The summed E-state index contributed by atoms with van der Waals surface area (Å²) in [5.41, 5.74) is 5.89. The molecule has 364 valence electrons. The molecule has 4 fully saturated rings. The molecule has 0 aliphatic heterocycles. The zero-order chi connectivity index (χ0) is 48.1. The molecule has 2 nitrogen and oxygen atoms in total. The number of carbonyl (C=O) groups excluding carboxylic acids is 2. The summed E-state index contributed by atoms with van der Waals surface area (Å²) in [6.45, 7) is 5.72. The van der Waals surface area contributed by atoms with E-state index in [2.05, 4.69) is 160 Å². The van der Waals surface area contributed by atoms with Gasteiger partial charge in [0.05, 0.1) is 0 Å². The van der Waals surface area contributed by atoms with Crippen molar-refractivity contribution in [1.29, 1.82) is 0 Å². The summed E-state index contributed by atoms with van der Waals surface area (Å²) in [5, 5.41) is 0. The fourth-order valence-electron chi connectivity index (χ4n) is 9.66. The second kappa shape index (κ2) is 38.8. The van der Waals surface area contributed by atoms with Gasteiger partial charge in [0.1, 0.15) is 11.6 Å². The van der Waals surface area contributed by atoms with Crippen molar-refractivity contribution < 1.29 is 47.3 Å². The number of hydrogen-bond acceptors (Lipinski definition) is 2. The quantitative estimate of drug-likeness (QED) is 0.147. The molecule has 6 aliphatic carbocycles. The normalized spacial score (nSPS) is 18.6. The van der Waals surface area contributed by atoms with Gasteiger partial charge in [-0.05, 0) is 159 Å². The maximum absolute atomic E-state index is 11.0. The molecule has 1 unspecified atom stereocenters. The SMILES string of the molecule is Brc1cc[c-]cc1.Brc1ccc(Br)cc1.Brc1ccc(C2=CCC(C3CCCC3)CC2)cc1.Brc1ccc(C2=CCCC2)cc1.O=C1CCC(C2CCCC2)CC1.O=C1CCCC1.[CH2-]CCC.[Li+].[Li+]. The summed E-state index contributed by atoms with van der Waals surface area (Å²) in [4.78, 5) is 21.3. The molecule has 4 aromatic rings. The molecule has 1 atom stereocenters. The Balaban J connectivity index is 0.000000288. The van der Waals surface area contributed by atoms with Gasteiger partial charge in [0.25, 0.3) is 0 Å². The molecule has 0 spiro atoms. The maximum Gasteiger partial charge on any atom is 1.00 e. The topological polar surface area (TPSA) is 34.1 Å². The number of carbonyl (C=O) groups is 2. The Bertz CT molecular complexity index is 1980. The van der Waals surface area contributed by atoms with Gasteiger partial charge in [-0.15, -0.1) is 0 Å². The van der Waals surface area contributed by atoms with Crippen LogP contribution < -0.4 is 37.7 Å². The van der Waals surface area contributed by atoms with Crippen LogP contribution >= 0.6 is 79.6 Å². The third kappa shape index (κ3) is 27.4. The number of rotatable bonds is 5. The van der Waals surface area contributed by atoms with Crippen LogP contribution in [0.2, 0.25) is 0 Å². The summed E-state index contributed by atoms with van der Waals surface area (Å²) < 4.78 is 5.66. The van der Waals surface area contributed by atoms with Crippen molar-refractivity contribution >= 4 is 102 Å². The van der Waals surface area contributed by atoms with Crippen LogP contribution in [0, 0.1) is 36.7 Å². The molecule has 69 heavy (non-hydrogen) atoms. The van der Waals surface area contributed by atoms with Gasteiger partial charge in [-0.2, -0.15) is 36.8 Å². The molecule has 0 saturated heterocycles. The minimum Gasteiger partial charge on any atom is -0.343 e. The van der Waals surface area contributed by atoms with Crippen molar-refractivity contribution in [3.8, 4) is 0 Å². The van der Waals surface area contributed by atoms with E-state index in [0.29, 0.717) is 11.6 Å². The molecule has 9 heteroatoms. The molecule has 0 amide bonds. The minimum absolute atomic E-state index is 0. The van der Waals surface area contributed by atoms with Crippen molar-refractivity contribution in [2.24, 2.45) is 23.7 Å². The summed E-state index contributed by atoms with van der Waals surface area (Å²) in [5.74, 6) is 4.86. The molecule has 0 aromatic heterocycles. The van der Waals surface area contributed by atoms with Crippen molar-refractivity contribution in [2.45, 2.75) is 161 Å². The Morgan fingerprint density at radius 1 is 0.449 bits per heavy atom. The van der Waals surface area contributed by atoms with Gasteiger partial charge in [-0.1, -0.05) is 185 Å². The van der Waals surface area contributed by atoms with E-state index in [1.54, 1.807) is 5.57 Å². The van der Waals surface area contributed by atoms with E-state index < -0.39 is 0 Å². The number of hydrogen-bond donors (Lipinski definition) is 0. The number of unbranched alkanes of at least 4 members (excludes halogenated alkanes) is 1. The van der Waals surface area contributed by atoms with Crippen molar-refractivity contribution in [1.82, 2.24) is 0 Å². The second-order valence-electron chi connectivity index (χ2n) is 18.6. The van der Waals surface area contributed by atoms with E-state index in [-0.39, 0.29) is 37.7 Å². The zero-order valence-electron chi connectivity index (χ0n) is 42.1. The van der Waals surface area contributed by atoms with Gasteiger partial charge in [-0.25, -0.2) is 0 Å². The van der Waals surface area contributed by atoms with E-state index in [1.165, 1.54) is 130 Å².